The molecule has 1 N–H and O–H groups in total. The van der Waals surface area contributed by atoms with Crippen LogP contribution in [-0.4, -0.2) is 31.6 Å². The van der Waals surface area contributed by atoms with Gasteiger partial charge in [-0.2, -0.15) is 0 Å². The fourth-order valence-electron chi connectivity index (χ4n) is 3.18. The minimum absolute atomic E-state index is 0.0403. The summed E-state index contributed by atoms with van der Waals surface area (Å²) in [5.41, 5.74) is 2.42. The van der Waals surface area contributed by atoms with E-state index >= 15 is 0 Å². The van der Waals surface area contributed by atoms with Crippen LogP contribution in [0, 0.1) is 6.92 Å². The number of fused-ring (bicyclic) bond motifs is 1. The van der Waals surface area contributed by atoms with Crippen molar-refractivity contribution in [1.82, 2.24) is 0 Å². The van der Waals surface area contributed by atoms with Gasteiger partial charge in [-0.15, -0.1) is 0 Å². The van der Waals surface area contributed by atoms with Gasteiger partial charge < -0.3 is 24.1 Å². The number of amides is 2. The molecule has 1 aliphatic heterocycles. The summed E-state index contributed by atoms with van der Waals surface area (Å²) in [6.07, 6.45) is 2.12. The molecule has 0 aliphatic carbocycles. The number of nitrogens with one attached hydrogen (secondary N) is 1. The lowest BCUT2D eigenvalue weighted by molar-refractivity contribution is -0.121. The van der Waals surface area contributed by atoms with Gasteiger partial charge in [-0.25, -0.2) is 0 Å². The lowest BCUT2D eigenvalue weighted by Gasteiger charge is -2.29. The zero-order valence-electron chi connectivity index (χ0n) is 16.6. The van der Waals surface area contributed by atoms with Crippen molar-refractivity contribution >= 4 is 23.2 Å². The third-order valence-corrected chi connectivity index (χ3v) is 4.72. The molecule has 7 heteroatoms. The number of anilines is 2. The van der Waals surface area contributed by atoms with Crippen LogP contribution in [0.3, 0.4) is 0 Å². The first-order chi connectivity index (χ1) is 14.6. The highest BCUT2D eigenvalue weighted by atomic mass is 16.5. The quantitative estimate of drug-likeness (QED) is 0.599. The highest BCUT2D eigenvalue weighted by molar-refractivity contribution is 6.03. The fourth-order valence-corrected chi connectivity index (χ4v) is 3.18. The Balaban J connectivity index is 1.37. The molecule has 2 aromatic carbocycles. The Hall–Kier alpha value is -3.74. The number of benzene rings is 2. The van der Waals surface area contributed by atoms with Crippen LogP contribution in [0.4, 0.5) is 11.4 Å². The normalized spacial score (nSPS) is 12.8. The van der Waals surface area contributed by atoms with Crippen LogP contribution in [0.2, 0.25) is 0 Å². The molecule has 0 saturated heterocycles. The number of carbonyl (C=O) groups excluding carboxylic acids is 2. The first-order valence-electron chi connectivity index (χ1n) is 9.72. The van der Waals surface area contributed by atoms with Crippen molar-refractivity contribution in [2.75, 3.05) is 30.0 Å². The number of nitrogens with zero attached hydrogens (tertiary/aromatic N) is 1. The number of hydrogen-bond donors (Lipinski definition) is 1. The molecule has 2 heterocycles. The smallest absolute Gasteiger partial charge is 0.291 e. The van der Waals surface area contributed by atoms with Gasteiger partial charge >= 0.3 is 0 Å². The minimum Gasteiger partial charge on any atom is -0.494 e. The summed E-state index contributed by atoms with van der Waals surface area (Å²) in [4.78, 5) is 26.2. The highest BCUT2D eigenvalue weighted by Gasteiger charge is 2.25. The first kappa shape index (κ1) is 19.6. The van der Waals surface area contributed by atoms with Crippen molar-refractivity contribution < 1.29 is 23.5 Å². The van der Waals surface area contributed by atoms with Crippen molar-refractivity contribution in [1.29, 1.82) is 0 Å². The largest absolute Gasteiger partial charge is 0.494 e. The molecule has 3 aromatic rings. The SMILES string of the molecule is Cc1ccc(OCCCN2C(=O)COc3cc(NC(=O)c4ccco4)ccc32)cc1. The van der Waals surface area contributed by atoms with E-state index in [1.165, 1.54) is 11.8 Å². The van der Waals surface area contributed by atoms with Crippen molar-refractivity contribution in [2.45, 2.75) is 13.3 Å². The second-order valence-corrected chi connectivity index (χ2v) is 6.96. The Bertz CT molecular complexity index is 1030. The van der Waals surface area contributed by atoms with Gasteiger partial charge in [-0.3, -0.25) is 9.59 Å². The Morgan fingerprint density at radius 1 is 1.17 bits per heavy atom. The van der Waals surface area contributed by atoms with E-state index in [0.717, 1.165) is 5.75 Å². The molecular formula is C23H22N2O5. The van der Waals surface area contributed by atoms with Crippen molar-refractivity contribution in [3.63, 3.8) is 0 Å². The molecule has 154 valence electrons. The van der Waals surface area contributed by atoms with Crippen LogP contribution in [0.15, 0.2) is 65.3 Å². The molecule has 0 fully saturated rings. The summed E-state index contributed by atoms with van der Waals surface area (Å²) in [5.74, 6) is 1.12. The van der Waals surface area contributed by atoms with Gasteiger partial charge in [-0.05, 0) is 49.7 Å². The monoisotopic (exact) mass is 406 g/mol. The van der Waals surface area contributed by atoms with Crippen LogP contribution in [-0.2, 0) is 4.79 Å². The third kappa shape index (κ3) is 4.46. The van der Waals surface area contributed by atoms with Gasteiger partial charge in [-0.1, -0.05) is 17.7 Å². The maximum Gasteiger partial charge on any atom is 0.291 e. The van der Waals surface area contributed by atoms with Crippen LogP contribution in [0.1, 0.15) is 22.5 Å². The molecule has 2 amide bonds. The molecular weight excluding hydrogens is 384 g/mol. The fraction of sp³-hybridized carbons (Fsp3) is 0.217. The Morgan fingerprint density at radius 3 is 2.77 bits per heavy atom. The summed E-state index contributed by atoms with van der Waals surface area (Å²) >= 11 is 0. The van der Waals surface area contributed by atoms with E-state index in [0.29, 0.717) is 36.7 Å². The maximum atomic E-state index is 12.4. The molecule has 0 spiro atoms. The molecule has 0 unspecified atom stereocenters. The van der Waals surface area contributed by atoms with E-state index < -0.39 is 0 Å². The van der Waals surface area contributed by atoms with E-state index in [1.807, 2.05) is 31.2 Å². The van der Waals surface area contributed by atoms with E-state index in [4.69, 9.17) is 13.9 Å². The Labute approximate surface area is 174 Å². The number of carbonyl (C=O) groups is 2. The number of aryl methyl sites for hydroxylation is 1. The zero-order chi connectivity index (χ0) is 20.9. The minimum atomic E-state index is -0.350. The second-order valence-electron chi connectivity index (χ2n) is 6.96. The van der Waals surface area contributed by atoms with Crippen LogP contribution in [0.25, 0.3) is 0 Å². The molecule has 0 radical (unpaired) electrons. The summed E-state index contributed by atoms with van der Waals surface area (Å²) in [5, 5.41) is 2.76. The van der Waals surface area contributed by atoms with Crippen molar-refractivity contribution in [3.05, 3.63) is 72.2 Å². The average Bonchev–Trinajstić information content (AvgIpc) is 3.29. The molecule has 1 aromatic heterocycles. The predicted molar refractivity (Wildman–Crippen MR) is 112 cm³/mol. The summed E-state index contributed by atoms with van der Waals surface area (Å²) < 4.78 is 16.4. The lowest BCUT2D eigenvalue weighted by Crippen LogP contribution is -2.39. The molecule has 0 atom stereocenters. The molecule has 7 nitrogen and oxygen atoms in total. The van der Waals surface area contributed by atoms with Crippen molar-refractivity contribution in [2.24, 2.45) is 0 Å². The van der Waals surface area contributed by atoms with E-state index in [1.54, 1.807) is 35.2 Å². The maximum absolute atomic E-state index is 12.4. The highest BCUT2D eigenvalue weighted by Crippen LogP contribution is 2.34. The summed E-state index contributed by atoms with van der Waals surface area (Å²) in [6, 6.07) is 16.3. The van der Waals surface area contributed by atoms with Gasteiger partial charge in [0.05, 0.1) is 18.6 Å². The van der Waals surface area contributed by atoms with Crippen LogP contribution >= 0.6 is 0 Å². The first-order valence-corrected chi connectivity index (χ1v) is 9.72. The molecule has 4 rings (SSSR count). The number of furan rings is 1. The van der Waals surface area contributed by atoms with Gasteiger partial charge in [0.25, 0.3) is 11.8 Å². The zero-order valence-corrected chi connectivity index (χ0v) is 16.6. The van der Waals surface area contributed by atoms with Gasteiger partial charge in [0.2, 0.25) is 0 Å². The standard InChI is InChI=1S/C23H22N2O5/c1-16-5-8-18(9-6-16)28-13-3-11-25-19-10-7-17(14-21(19)30-15-22(25)26)24-23(27)20-4-2-12-29-20/h2,4-10,12,14H,3,11,13,15H2,1H3,(H,24,27). The topological polar surface area (TPSA) is 81.0 Å². The van der Waals surface area contributed by atoms with Crippen molar-refractivity contribution in [3.8, 4) is 11.5 Å². The summed E-state index contributed by atoms with van der Waals surface area (Å²) in [7, 11) is 0. The Kier molecular flexibility index (Phi) is 5.70. The van der Waals surface area contributed by atoms with E-state index in [2.05, 4.69) is 5.32 Å². The van der Waals surface area contributed by atoms with Gasteiger partial charge in [0, 0.05) is 18.3 Å². The second kappa shape index (κ2) is 8.73. The third-order valence-electron chi connectivity index (χ3n) is 4.72. The summed E-state index contributed by atoms with van der Waals surface area (Å²) in [6.45, 7) is 3.00. The van der Waals surface area contributed by atoms with Gasteiger partial charge in [0.1, 0.15) is 11.5 Å². The number of rotatable bonds is 7. The average molecular weight is 406 g/mol. The van der Waals surface area contributed by atoms with E-state index in [9.17, 15) is 9.59 Å². The Morgan fingerprint density at radius 2 is 2.00 bits per heavy atom. The number of hydrogen-bond acceptors (Lipinski definition) is 5. The molecule has 0 bridgehead atoms. The molecule has 0 saturated carbocycles. The molecule has 30 heavy (non-hydrogen) atoms. The van der Waals surface area contributed by atoms with Crippen LogP contribution < -0.4 is 19.7 Å². The number of ether oxygens (including phenoxy) is 2. The predicted octanol–water partition coefficient (Wildman–Crippen LogP) is 4.03. The lowest BCUT2D eigenvalue weighted by atomic mass is 10.2. The van der Waals surface area contributed by atoms with E-state index in [-0.39, 0.29) is 24.2 Å². The van der Waals surface area contributed by atoms with Crippen LogP contribution in [0.5, 0.6) is 11.5 Å². The van der Waals surface area contributed by atoms with Gasteiger partial charge in [0.15, 0.2) is 12.4 Å². The molecule has 1 aliphatic rings.